The quantitative estimate of drug-likeness (QED) is 0.455. The van der Waals surface area contributed by atoms with Crippen molar-refractivity contribution in [3.63, 3.8) is 0 Å². The Bertz CT molecular complexity index is 840. The van der Waals surface area contributed by atoms with Crippen molar-refractivity contribution in [2.45, 2.75) is 0 Å². The van der Waals surface area contributed by atoms with Crippen LogP contribution in [0.3, 0.4) is 0 Å². The van der Waals surface area contributed by atoms with Crippen LogP contribution in [-0.4, -0.2) is 14.4 Å². The van der Waals surface area contributed by atoms with Gasteiger partial charge in [0.05, 0.1) is 16.6 Å². The molecule has 3 aromatic heterocycles. The van der Waals surface area contributed by atoms with E-state index in [9.17, 15) is 0 Å². The van der Waals surface area contributed by atoms with Crippen molar-refractivity contribution in [1.29, 1.82) is 0 Å². The molecule has 0 aliphatic heterocycles. The molecule has 0 aliphatic rings. The molecule has 3 heterocycles. The molecular formula is C14H9N3. The molecule has 0 fully saturated rings. The molecule has 80 valence electrons. The maximum Gasteiger partial charge on any atom is 0.138 e. The molecule has 4 aromatic rings. The molecule has 0 spiro atoms. The van der Waals surface area contributed by atoms with Gasteiger partial charge >= 0.3 is 0 Å². The predicted octanol–water partition coefficient (Wildman–Crippen LogP) is 3.04. The van der Waals surface area contributed by atoms with Gasteiger partial charge in [-0.25, -0.2) is 4.98 Å². The minimum atomic E-state index is 0.977. The molecular weight excluding hydrogens is 210 g/mol. The standard InChI is InChI=1S/C14H9N3/c1-2-4-13-11(3-1)16-14-6-5-10-9-15-8-7-12(10)17(13)14/h1-9H. The van der Waals surface area contributed by atoms with Crippen molar-refractivity contribution < 1.29 is 0 Å². The molecule has 4 rings (SSSR count). The molecule has 0 aliphatic carbocycles. The lowest BCUT2D eigenvalue weighted by atomic mass is 10.2. The number of hydrogen-bond acceptors (Lipinski definition) is 2. The van der Waals surface area contributed by atoms with Crippen LogP contribution < -0.4 is 0 Å². The van der Waals surface area contributed by atoms with Gasteiger partial charge in [-0.3, -0.25) is 9.38 Å². The van der Waals surface area contributed by atoms with Crippen LogP contribution in [0.5, 0.6) is 0 Å². The Morgan fingerprint density at radius 2 is 1.82 bits per heavy atom. The maximum atomic E-state index is 4.61. The van der Waals surface area contributed by atoms with Crippen LogP contribution in [0.1, 0.15) is 0 Å². The molecule has 0 amide bonds. The summed E-state index contributed by atoms with van der Waals surface area (Å²) in [7, 11) is 0. The van der Waals surface area contributed by atoms with Crippen LogP contribution in [0.2, 0.25) is 0 Å². The van der Waals surface area contributed by atoms with Gasteiger partial charge in [-0.2, -0.15) is 0 Å². The summed E-state index contributed by atoms with van der Waals surface area (Å²) in [4.78, 5) is 8.76. The zero-order chi connectivity index (χ0) is 11.2. The minimum absolute atomic E-state index is 0.977. The molecule has 0 saturated heterocycles. The van der Waals surface area contributed by atoms with Gasteiger partial charge in [-0.15, -0.1) is 0 Å². The zero-order valence-electron chi connectivity index (χ0n) is 9.04. The maximum absolute atomic E-state index is 4.61. The molecule has 0 unspecified atom stereocenters. The fourth-order valence-electron chi connectivity index (χ4n) is 2.31. The van der Waals surface area contributed by atoms with Crippen LogP contribution >= 0.6 is 0 Å². The number of rotatable bonds is 0. The van der Waals surface area contributed by atoms with Crippen LogP contribution in [-0.2, 0) is 0 Å². The number of benzene rings is 1. The van der Waals surface area contributed by atoms with Crippen molar-refractivity contribution in [1.82, 2.24) is 14.4 Å². The summed E-state index contributed by atoms with van der Waals surface area (Å²) in [6.07, 6.45) is 3.69. The number of para-hydroxylation sites is 2. The highest BCUT2D eigenvalue weighted by Gasteiger charge is 2.06. The Morgan fingerprint density at radius 3 is 2.82 bits per heavy atom. The Labute approximate surface area is 97.4 Å². The molecule has 3 heteroatoms. The number of imidazole rings is 1. The Balaban J connectivity index is 2.38. The summed E-state index contributed by atoms with van der Waals surface area (Å²) in [5, 5.41) is 1.13. The monoisotopic (exact) mass is 219 g/mol. The highest BCUT2D eigenvalue weighted by molar-refractivity contribution is 5.89. The van der Waals surface area contributed by atoms with E-state index in [1.54, 1.807) is 0 Å². The Kier molecular flexibility index (Phi) is 1.56. The summed E-state index contributed by atoms with van der Waals surface area (Å²) in [5.74, 6) is 0. The van der Waals surface area contributed by atoms with Gasteiger partial charge in [-0.05, 0) is 30.3 Å². The van der Waals surface area contributed by atoms with Gasteiger partial charge in [0.25, 0.3) is 0 Å². The summed E-state index contributed by atoms with van der Waals surface area (Å²) >= 11 is 0. The fraction of sp³-hybridized carbons (Fsp3) is 0. The topological polar surface area (TPSA) is 30.2 Å². The Hall–Kier alpha value is -2.42. The van der Waals surface area contributed by atoms with Gasteiger partial charge in [0.2, 0.25) is 0 Å². The fourth-order valence-corrected chi connectivity index (χ4v) is 2.31. The van der Waals surface area contributed by atoms with E-state index < -0.39 is 0 Å². The smallest absolute Gasteiger partial charge is 0.138 e. The first-order chi connectivity index (χ1) is 8.43. The first-order valence-corrected chi connectivity index (χ1v) is 5.53. The molecule has 0 radical (unpaired) electrons. The largest absolute Gasteiger partial charge is 0.292 e. The molecule has 0 saturated carbocycles. The van der Waals surface area contributed by atoms with Gasteiger partial charge in [0.15, 0.2) is 0 Å². The third-order valence-corrected chi connectivity index (χ3v) is 3.07. The lowest BCUT2D eigenvalue weighted by Gasteiger charge is -2.01. The highest BCUT2D eigenvalue weighted by atomic mass is 15.0. The summed E-state index contributed by atoms with van der Waals surface area (Å²) in [5.41, 5.74) is 4.28. The molecule has 17 heavy (non-hydrogen) atoms. The third kappa shape index (κ3) is 1.11. The number of aromatic nitrogens is 3. The molecule has 0 bridgehead atoms. The van der Waals surface area contributed by atoms with Crippen molar-refractivity contribution in [2.75, 3.05) is 0 Å². The van der Waals surface area contributed by atoms with E-state index >= 15 is 0 Å². The first-order valence-electron chi connectivity index (χ1n) is 5.53. The van der Waals surface area contributed by atoms with Crippen LogP contribution in [0.15, 0.2) is 54.9 Å². The summed E-state index contributed by atoms with van der Waals surface area (Å²) in [6.45, 7) is 0. The molecule has 1 aromatic carbocycles. The zero-order valence-corrected chi connectivity index (χ0v) is 9.04. The normalized spacial score (nSPS) is 11.5. The average Bonchev–Trinajstić information content (AvgIpc) is 2.77. The lowest BCUT2D eigenvalue weighted by Crippen LogP contribution is -1.88. The second kappa shape index (κ2) is 3.04. The van der Waals surface area contributed by atoms with E-state index in [0.717, 1.165) is 27.6 Å². The SMILES string of the molecule is c1ccc2c(c1)nc1ccc3cnccc3n12. The first kappa shape index (κ1) is 8.70. The molecule has 0 atom stereocenters. The number of nitrogens with zero attached hydrogens (tertiary/aromatic N) is 3. The number of fused-ring (bicyclic) bond motifs is 5. The van der Waals surface area contributed by atoms with Gasteiger partial charge in [0, 0.05) is 17.8 Å². The second-order valence-corrected chi connectivity index (χ2v) is 4.06. The van der Waals surface area contributed by atoms with Crippen LogP contribution in [0, 0.1) is 0 Å². The van der Waals surface area contributed by atoms with Gasteiger partial charge in [-0.1, -0.05) is 12.1 Å². The Morgan fingerprint density at radius 1 is 0.882 bits per heavy atom. The summed E-state index contributed by atoms with van der Waals surface area (Å²) in [6, 6.07) is 14.3. The van der Waals surface area contributed by atoms with Crippen molar-refractivity contribution in [3.8, 4) is 0 Å². The predicted molar refractivity (Wildman–Crippen MR) is 68.0 cm³/mol. The van der Waals surface area contributed by atoms with Crippen LogP contribution in [0.4, 0.5) is 0 Å². The van der Waals surface area contributed by atoms with E-state index in [1.807, 2.05) is 42.7 Å². The van der Waals surface area contributed by atoms with Gasteiger partial charge < -0.3 is 0 Å². The minimum Gasteiger partial charge on any atom is -0.292 e. The van der Waals surface area contributed by atoms with Crippen LogP contribution in [0.25, 0.3) is 27.6 Å². The third-order valence-electron chi connectivity index (χ3n) is 3.07. The number of pyridine rings is 2. The summed E-state index contributed by atoms with van der Waals surface area (Å²) < 4.78 is 2.17. The molecule has 3 nitrogen and oxygen atoms in total. The van der Waals surface area contributed by atoms with E-state index in [4.69, 9.17) is 0 Å². The van der Waals surface area contributed by atoms with Crippen molar-refractivity contribution in [3.05, 3.63) is 54.9 Å². The van der Waals surface area contributed by atoms with E-state index in [0.29, 0.717) is 0 Å². The van der Waals surface area contributed by atoms with E-state index in [1.165, 1.54) is 0 Å². The highest BCUT2D eigenvalue weighted by Crippen LogP contribution is 2.22. The van der Waals surface area contributed by atoms with Crippen molar-refractivity contribution in [2.24, 2.45) is 0 Å². The van der Waals surface area contributed by atoms with Crippen molar-refractivity contribution >= 4 is 27.6 Å². The average molecular weight is 219 g/mol. The molecule has 0 N–H and O–H groups in total. The number of hydrogen-bond donors (Lipinski definition) is 0. The second-order valence-electron chi connectivity index (χ2n) is 4.06. The van der Waals surface area contributed by atoms with E-state index in [2.05, 4.69) is 26.5 Å². The lowest BCUT2D eigenvalue weighted by molar-refractivity contribution is 1.27. The van der Waals surface area contributed by atoms with Gasteiger partial charge in [0.1, 0.15) is 5.65 Å². The van der Waals surface area contributed by atoms with E-state index in [-0.39, 0.29) is 0 Å².